The minimum absolute atomic E-state index is 0. The number of nitro benzene ring substituents is 1. The van der Waals surface area contributed by atoms with Crippen LogP contribution in [-0.4, -0.2) is 46.9 Å². The van der Waals surface area contributed by atoms with Crippen molar-refractivity contribution in [2.24, 2.45) is 0 Å². The summed E-state index contributed by atoms with van der Waals surface area (Å²) in [5.74, 6) is 0.225. The zero-order chi connectivity index (χ0) is 17.1. The molecule has 1 amide bonds. The molecule has 1 heterocycles. The molecular weight excluding hydrogens is 350 g/mol. The number of ether oxygens (including phenoxy) is 1. The Balaban J connectivity index is 0.00000225. The van der Waals surface area contributed by atoms with Crippen LogP contribution in [0.2, 0.25) is 0 Å². The summed E-state index contributed by atoms with van der Waals surface area (Å²) in [5, 5.41) is 13.8. The van der Waals surface area contributed by atoms with Crippen molar-refractivity contribution in [3.05, 3.63) is 34.4 Å². The van der Waals surface area contributed by atoms with Crippen molar-refractivity contribution in [1.29, 1.82) is 0 Å². The predicted molar refractivity (Wildman–Crippen MR) is 92.1 cm³/mol. The van der Waals surface area contributed by atoms with E-state index in [2.05, 4.69) is 5.32 Å². The molecule has 136 valence electrons. The zero-order valence-corrected chi connectivity index (χ0v) is 14.4. The lowest BCUT2D eigenvalue weighted by Crippen LogP contribution is -2.44. The number of carbonyl (C=O) groups is 2. The van der Waals surface area contributed by atoms with Crippen LogP contribution in [0, 0.1) is 10.1 Å². The van der Waals surface area contributed by atoms with Gasteiger partial charge in [-0.3, -0.25) is 19.8 Å². The molecule has 2 fully saturated rings. The third-order valence-electron chi connectivity index (χ3n) is 4.25. The highest BCUT2D eigenvalue weighted by Gasteiger charge is 2.36. The van der Waals surface area contributed by atoms with Crippen LogP contribution in [0.4, 0.5) is 10.5 Å². The lowest BCUT2D eigenvalue weighted by molar-refractivity contribution is -0.384. The number of benzene rings is 1. The number of halogens is 1. The third-order valence-corrected chi connectivity index (χ3v) is 4.25. The second kappa shape index (κ2) is 8.26. The Morgan fingerprint density at radius 3 is 2.44 bits per heavy atom. The van der Waals surface area contributed by atoms with Crippen LogP contribution in [0.5, 0.6) is 5.75 Å². The molecule has 1 aliphatic carbocycles. The molecule has 0 aromatic heterocycles. The molecule has 1 saturated heterocycles. The maximum Gasteiger partial charge on any atom is 0.415 e. The maximum absolute atomic E-state index is 12.4. The summed E-state index contributed by atoms with van der Waals surface area (Å²) < 4.78 is 5.27. The number of nitrogens with one attached hydrogen (secondary N) is 1. The van der Waals surface area contributed by atoms with E-state index in [1.807, 2.05) is 0 Å². The molecular formula is C16H20ClN3O5. The van der Waals surface area contributed by atoms with Gasteiger partial charge in [0.2, 0.25) is 0 Å². The summed E-state index contributed by atoms with van der Waals surface area (Å²) in [6.07, 6.45) is 2.90. The quantitative estimate of drug-likeness (QED) is 0.609. The van der Waals surface area contributed by atoms with Crippen LogP contribution in [0.15, 0.2) is 24.3 Å². The number of rotatable bonds is 6. The average molecular weight is 370 g/mol. The molecule has 0 radical (unpaired) electrons. The van der Waals surface area contributed by atoms with Gasteiger partial charge in [0.05, 0.1) is 17.5 Å². The standard InChI is InChI=1S/C16H19N3O5.ClH/c20-15(14-2-1-9-17-14)10-18(11-3-4-11)16(21)24-13-7-5-12(6-8-13)19(22)23;/h5-8,11,14,17H,1-4,9-10H2;1H/t14-;/m0./s1. The number of Topliss-reactive ketones (excluding diaryl/α,β-unsaturated/α-hetero) is 1. The summed E-state index contributed by atoms with van der Waals surface area (Å²) in [7, 11) is 0. The van der Waals surface area contributed by atoms with E-state index < -0.39 is 11.0 Å². The van der Waals surface area contributed by atoms with E-state index in [9.17, 15) is 19.7 Å². The molecule has 1 atom stereocenters. The number of nitrogens with zero attached hydrogens (tertiary/aromatic N) is 2. The molecule has 0 bridgehead atoms. The first kappa shape index (κ1) is 19.1. The predicted octanol–water partition coefficient (Wildman–Crippen LogP) is 2.30. The fourth-order valence-corrected chi connectivity index (χ4v) is 2.76. The topological polar surface area (TPSA) is 102 Å². The van der Waals surface area contributed by atoms with E-state index >= 15 is 0 Å². The summed E-state index contributed by atoms with van der Waals surface area (Å²) in [6, 6.07) is 5.16. The fraction of sp³-hybridized carbons (Fsp3) is 0.500. The normalized spacial score (nSPS) is 19.0. The van der Waals surface area contributed by atoms with Crippen LogP contribution in [0.1, 0.15) is 25.7 Å². The summed E-state index contributed by atoms with van der Waals surface area (Å²) in [4.78, 5) is 36.2. The van der Waals surface area contributed by atoms with Gasteiger partial charge in [-0.1, -0.05) is 0 Å². The van der Waals surface area contributed by atoms with E-state index in [0.717, 1.165) is 32.2 Å². The van der Waals surface area contributed by atoms with Gasteiger partial charge in [-0.25, -0.2) is 4.79 Å². The first-order valence-corrected chi connectivity index (χ1v) is 8.03. The van der Waals surface area contributed by atoms with Gasteiger partial charge in [0.25, 0.3) is 5.69 Å². The summed E-state index contributed by atoms with van der Waals surface area (Å²) in [6.45, 7) is 0.862. The maximum atomic E-state index is 12.4. The molecule has 0 spiro atoms. The second-order valence-electron chi connectivity index (χ2n) is 6.09. The molecule has 1 aromatic carbocycles. The molecule has 1 saturated carbocycles. The van der Waals surface area contributed by atoms with Gasteiger partial charge in [0, 0.05) is 18.2 Å². The van der Waals surface area contributed by atoms with Gasteiger partial charge in [-0.15, -0.1) is 12.4 Å². The van der Waals surface area contributed by atoms with Gasteiger partial charge in [-0.2, -0.15) is 0 Å². The van der Waals surface area contributed by atoms with Crippen LogP contribution < -0.4 is 10.1 Å². The van der Waals surface area contributed by atoms with Crippen LogP contribution in [0.25, 0.3) is 0 Å². The van der Waals surface area contributed by atoms with Crippen molar-refractivity contribution < 1.29 is 19.2 Å². The van der Waals surface area contributed by atoms with E-state index in [1.165, 1.54) is 29.2 Å². The van der Waals surface area contributed by atoms with Gasteiger partial charge in [0.15, 0.2) is 5.78 Å². The van der Waals surface area contributed by atoms with Crippen molar-refractivity contribution in [3.63, 3.8) is 0 Å². The number of hydrogen-bond acceptors (Lipinski definition) is 6. The van der Waals surface area contributed by atoms with Gasteiger partial charge < -0.3 is 10.1 Å². The fourth-order valence-electron chi connectivity index (χ4n) is 2.76. The van der Waals surface area contributed by atoms with Crippen molar-refractivity contribution >= 4 is 30.0 Å². The third kappa shape index (κ3) is 4.90. The zero-order valence-electron chi connectivity index (χ0n) is 13.6. The van der Waals surface area contributed by atoms with Crippen molar-refractivity contribution in [1.82, 2.24) is 10.2 Å². The summed E-state index contributed by atoms with van der Waals surface area (Å²) >= 11 is 0. The Labute approximate surface area is 151 Å². The van der Waals surface area contributed by atoms with Crippen LogP contribution >= 0.6 is 12.4 Å². The summed E-state index contributed by atoms with van der Waals surface area (Å²) in [5.41, 5.74) is -0.0728. The van der Waals surface area contributed by atoms with Gasteiger partial charge in [0.1, 0.15) is 5.75 Å². The Kier molecular flexibility index (Phi) is 6.33. The Morgan fingerprint density at radius 1 is 1.24 bits per heavy atom. The molecule has 9 heteroatoms. The molecule has 3 rings (SSSR count). The molecule has 8 nitrogen and oxygen atoms in total. The first-order chi connectivity index (χ1) is 11.5. The monoisotopic (exact) mass is 369 g/mol. The Morgan fingerprint density at radius 2 is 1.92 bits per heavy atom. The van der Waals surface area contributed by atoms with Gasteiger partial charge >= 0.3 is 6.09 Å². The minimum Gasteiger partial charge on any atom is -0.410 e. The number of non-ortho nitro benzene ring substituents is 1. The van der Waals surface area contributed by atoms with E-state index in [1.54, 1.807) is 0 Å². The number of nitro groups is 1. The minimum atomic E-state index is -0.585. The first-order valence-electron chi connectivity index (χ1n) is 8.03. The average Bonchev–Trinajstić information content (AvgIpc) is 3.25. The number of amides is 1. The molecule has 1 aliphatic heterocycles. The lowest BCUT2D eigenvalue weighted by Gasteiger charge is -2.22. The lowest BCUT2D eigenvalue weighted by atomic mass is 10.1. The van der Waals surface area contributed by atoms with Crippen molar-refractivity contribution in [3.8, 4) is 5.75 Å². The van der Waals surface area contributed by atoms with E-state index in [0.29, 0.717) is 0 Å². The highest BCUT2D eigenvalue weighted by molar-refractivity contribution is 5.89. The molecule has 1 N–H and O–H groups in total. The molecule has 25 heavy (non-hydrogen) atoms. The smallest absolute Gasteiger partial charge is 0.410 e. The Hall–Kier alpha value is -2.19. The second-order valence-corrected chi connectivity index (χ2v) is 6.09. The highest BCUT2D eigenvalue weighted by Crippen LogP contribution is 2.28. The highest BCUT2D eigenvalue weighted by atomic mass is 35.5. The SMILES string of the molecule is Cl.O=C(CN(C(=O)Oc1ccc([N+](=O)[O-])cc1)C1CC1)[C@@H]1CCCN1. The number of ketones is 1. The largest absolute Gasteiger partial charge is 0.415 e. The van der Waals surface area contributed by atoms with Crippen molar-refractivity contribution in [2.45, 2.75) is 37.8 Å². The molecule has 0 unspecified atom stereocenters. The van der Waals surface area contributed by atoms with Gasteiger partial charge in [-0.05, 0) is 44.4 Å². The molecule has 2 aliphatic rings. The molecule has 1 aromatic rings. The van der Waals surface area contributed by atoms with Crippen LogP contribution in [0.3, 0.4) is 0 Å². The van der Waals surface area contributed by atoms with Crippen molar-refractivity contribution in [2.75, 3.05) is 13.1 Å². The number of hydrogen-bond donors (Lipinski definition) is 1. The van der Waals surface area contributed by atoms with Crippen LogP contribution in [-0.2, 0) is 4.79 Å². The Bertz CT molecular complexity index is 642. The van der Waals surface area contributed by atoms with E-state index in [4.69, 9.17) is 4.74 Å². The van der Waals surface area contributed by atoms with E-state index in [-0.39, 0.29) is 48.3 Å². The number of carbonyl (C=O) groups excluding carboxylic acids is 2.